The molecule has 0 radical (unpaired) electrons. The molecule has 0 atom stereocenters. The molecule has 2 aromatic rings. The Balaban J connectivity index is 2.25. The quantitative estimate of drug-likeness (QED) is 0.824. The van der Waals surface area contributed by atoms with Crippen LogP contribution in [0.4, 0.5) is 21.5 Å². The van der Waals surface area contributed by atoms with Gasteiger partial charge in [0, 0.05) is 17.8 Å². The Morgan fingerprint density at radius 2 is 2.11 bits per heavy atom. The van der Waals surface area contributed by atoms with Gasteiger partial charge in [-0.25, -0.2) is 4.39 Å². The molecule has 3 nitrogen and oxygen atoms in total. The summed E-state index contributed by atoms with van der Waals surface area (Å²) in [5.74, 6) is 0.390. The van der Waals surface area contributed by atoms with Crippen molar-refractivity contribution >= 4 is 33.0 Å². The molecule has 100 valence electrons. The minimum Gasteiger partial charge on any atom is -0.494 e. The zero-order valence-electron chi connectivity index (χ0n) is 10.4. The second-order valence-electron chi connectivity index (χ2n) is 3.94. The van der Waals surface area contributed by atoms with Crippen LogP contribution in [0.2, 0.25) is 0 Å². The molecule has 0 aromatic heterocycles. The highest BCUT2D eigenvalue weighted by Crippen LogP contribution is 2.29. The molecular formula is C14H14BrFN2O. The van der Waals surface area contributed by atoms with E-state index in [1.807, 2.05) is 31.2 Å². The van der Waals surface area contributed by atoms with Crippen LogP contribution in [-0.4, -0.2) is 6.61 Å². The van der Waals surface area contributed by atoms with Gasteiger partial charge in [-0.2, -0.15) is 0 Å². The van der Waals surface area contributed by atoms with Crippen molar-refractivity contribution in [1.82, 2.24) is 0 Å². The van der Waals surface area contributed by atoms with Crippen LogP contribution in [0.5, 0.6) is 5.75 Å². The van der Waals surface area contributed by atoms with Gasteiger partial charge < -0.3 is 15.8 Å². The predicted molar refractivity (Wildman–Crippen MR) is 79.4 cm³/mol. The number of rotatable bonds is 4. The van der Waals surface area contributed by atoms with Crippen molar-refractivity contribution in [3.63, 3.8) is 0 Å². The van der Waals surface area contributed by atoms with Crippen molar-refractivity contribution in [3.8, 4) is 5.75 Å². The third-order valence-electron chi connectivity index (χ3n) is 2.52. The molecular weight excluding hydrogens is 311 g/mol. The maximum absolute atomic E-state index is 13.5. The maximum atomic E-state index is 13.5. The fourth-order valence-electron chi connectivity index (χ4n) is 1.66. The van der Waals surface area contributed by atoms with Crippen LogP contribution in [-0.2, 0) is 0 Å². The van der Waals surface area contributed by atoms with Gasteiger partial charge in [-0.1, -0.05) is 6.07 Å². The van der Waals surface area contributed by atoms with E-state index in [0.29, 0.717) is 22.5 Å². The summed E-state index contributed by atoms with van der Waals surface area (Å²) in [5.41, 5.74) is 7.63. The number of hydrogen-bond donors (Lipinski definition) is 2. The number of nitrogen functional groups attached to an aromatic ring is 1. The van der Waals surface area contributed by atoms with E-state index in [1.54, 1.807) is 0 Å². The lowest BCUT2D eigenvalue weighted by Crippen LogP contribution is -1.98. The second kappa shape index (κ2) is 5.93. The van der Waals surface area contributed by atoms with Crippen LogP contribution in [0.1, 0.15) is 6.92 Å². The molecule has 0 spiro atoms. The average Bonchev–Trinajstić information content (AvgIpc) is 2.37. The minimum absolute atomic E-state index is 0.346. The number of ether oxygens (including phenoxy) is 1. The number of halogens is 2. The molecule has 0 heterocycles. The van der Waals surface area contributed by atoms with E-state index in [9.17, 15) is 4.39 Å². The van der Waals surface area contributed by atoms with Gasteiger partial charge in [0.05, 0.1) is 22.5 Å². The van der Waals surface area contributed by atoms with Gasteiger partial charge in [0.1, 0.15) is 11.6 Å². The van der Waals surface area contributed by atoms with Crippen molar-refractivity contribution in [2.45, 2.75) is 6.92 Å². The first-order valence-electron chi connectivity index (χ1n) is 5.84. The minimum atomic E-state index is -0.363. The lowest BCUT2D eigenvalue weighted by atomic mass is 10.2. The monoisotopic (exact) mass is 324 g/mol. The van der Waals surface area contributed by atoms with Crippen LogP contribution < -0.4 is 15.8 Å². The Morgan fingerprint density at radius 3 is 2.84 bits per heavy atom. The summed E-state index contributed by atoms with van der Waals surface area (Å²) in [5, 5.41) is 3.07. The molecule has 2 rings (SSSR count). The molecule has 0 aliphatic heterocycles. The molecule has 5 heteroatoms. The number of benzene rings is 2. The summed E-state index contributed by atoms with van der Waals surface area (Å²) >= 11 is 3.09. The highest BCUT2D eigenvalue weighted by atomic mass is 79.9. The second-order valence-corrected chi connectivity index (χ2v) is 4.79. The molecule has 0 saturated carbocycles. The Labute approximate surface area is 119 Å². The lowest BCUT2D eigenvalue weighted by molar-refractivity contribution is 0.340. The molecule has 2 aromatic carbocycles. The molecule has 0 bridgehead atoms. The summed E-state index contributed by atoms with van der Waals surface area (Å²) < 4.78 is 19.2. The fourth-order valence-corrected chi connectivity index (χ4v) is 2.02. The van der Waals surface area contributed by atoms with Crippen LogP contribution in [0, 0.1) is 5.82 Å². The number of nitrogens with two attached hydrogens (primary N) is 1. The Morgan fingerprint density at radius 1 is 1.32 bits per heavy atom. The van der Waals surface area contributed by atoms with Crippen molar-refractivity contribution in [1.29, 1.82) is 0 Å². The lowest BCUT2D eigenvalue weighted by Gasteiger charge is -2.11. The van der Waals surface area contributed by atoms with Crippen LogP contribution in [0.15, 0.2) is 40.9 Å². The largest absolute Gasteiger partial charge is 0.494 e. The zero-order valence-corrected chi connectivity index (χ0v) is 12.0. The van der Waals surface area contributed by atoms with Gasteiger partial charge in [-0.3, -0.25) is 0 Å². The number of hydrogen-bond acceptors (Lipinski definition) is 3. The standard InChI is InChI=1S/C14H14BrFN2O/c1-2-19-10-5-3-4-9(6-10)18-14-8-12(16)11(15)7-13(14)17/h3-8,18H,2,17H2,1H3. The first-order valence-corrected chi connectivity index (χ1v) is 6.64. The van der Waals surface area contributed by atoms with E-state index in [-0.39, 0.29) is 5.82 Å². The highest BCUT2D eigenvalue weighted by molar-refractivity contribution is 9.10. The maximum Gasteiger partial charge on any atom is 0.139 e. The first-order chi connectivity index (χ1) is 9.10. The van der Waals surface area contributed by atoms with E-state index >= 15 is 0 Å². The smallest absolute Gasteiger partial charge is 0.139 e. The highest BCUT2D eigenvalue weighted by Gasteiger charge is 2.06. The number of anilines is 3. The van der Waals surface area contributed by atoms with Gasteiger partial charge in [-0.15, -0.1) is 0 Å². The van der Waals surface area contributed by atoms with Crippen LogP contribution >= 0.6 is 15.9 Å². The Bertz CT molecular complexity index is 590. The van der Waals surface area contributed by atoms with Crippen LogP contribution in [0.3, 0.4) is 0 Å². The molecule has 0 amide bonds. The zero-order chi connectivity index (χ0) is 13.8. The normalized spacial score (nSPS) is 10.3. The molecule has 0 fully saturated rings. The molecule has 0 aliphatic rings. The summed E-state index contributed by atoms with van der Waals surface area (Å²) in [4.78, 5) is 0. The SMILES string of the molecule is CCOc1cccc(Nc2cc(F)c(Br)cc2N)c1. The van der Waals surface area contributed by atoms with E-state index < -0.39 is 0 Å². The Hall–Kier alpha value is -1.75. The van der Waals surface area contributed by atoms with Crippen molar-refractivity contribution in [2.24, 2.45) is 0 Å². The average molecular weight is 325 g/mol. The van der Waals surface area contributed by atoms with Gasteiger partial charge in [0.2, 0.25) is 0 Å². The van der Waals surface area contributed by atoms with Crippen LogP contribution in [0.25, 0.3) is 0 Å². The van der Waals surface area contributed by atoms with E-state index in [2.05, 4.69) is 21.2 Å². The van der Waals surface area contributed by atoms with E-state index in [1.165, 1.54) is 12.1 Å². The fraction of sp³-hybridized carbons (Fsp3) is 0.143. The summed E-state index contributed by atoms with van der Waals surface area (Å²) in [6, 6.07) is 10.3. The third-order valence-corrected chi connectivity index (χ3v) is 3.12. The molecule has 0 unspecified atom stereocenters. The first kappa shape index (κ1) is 13.7. The van der Waals surface area contributed by atoms with Crippen molar-refractivity contribution in [2.75, 3.05) is 17.7 Å². The predicted octanol–water partition coefficient (Wildman–Crippen LogP) is 4.31. The van der Waals surface area contributed by atoms with E-state index in [4.69, 9.17) is 10.5 Å². The van der Waals surface area contributed by atoms with Gasteiger partial charge in [0.25, 0.3) is 0 Å². The summed E-state index contributed by atoms with van der Waals surface area (Å²) in [7, 11) is 0. The van der Waals surface area contributed by atoms with Crippen molar-refractivity contribution < 1.29 is 9.13 Å². The van der Waals surface area contributed by atoms with E-state index in [0.717, 1.165) is 11.4 Å². The van der Waals surface area contributed by atoms with Gasteiger partial charge in [0.15, 0.2) is 0 Å². The molecule has 19 heavy (non-hydrogen) atoms. The van der Waals surface area contributed by atoms with Crippen molar-refractivity contribution in [3.05, 3.63) is 46.7 Å². The topological polar surface area (TPSA) is 47.3 Å². The number of nitrogens with one attached hydrogen (secondary N) is 1. The van der Waals surface area contributed by atoms with Gasteiger partial charge in [-0.05, 0) is 41.1 Å². The summed E-state index contributed by atoms with van der Waals surface area (Å²) in [6.45, 7) is 2.51. The summed E-state index contributed by atoms with van der Waals surface area (Å²) in [6.07, 6.45) is 0. The third kappa shape index (κ3) is 3.38. The molecule has 0 aliphatic carbocycles. The Kier molecular flexibility index (Phi) is 4.27. The molecule has 3 N–H and O–H groups in total. The molecule has 0 saturated heterocycles. The van der Waals surface area contributed by atoms with Gasteiger partial charge >= 0.3 is 0 Å².